The van der Waals surface area contributed by atoms with E-state index in [1.54, 1.807) is 12.1 Å². The standard InChI is InChI=1S/C16H24N2O4S/c1-10(2)12(4)17-16(19)15-9-18(23(5,20)21)13-8-11(3)6-7-14(13)22-15/h6-8,10,12,15H,9H2,1-5H3,(H,17,19). The van der Waals surface area contributed by atoms with Gasteiger partial charge in [-0.15, -0.1) is 0 Å². The van der Waals surface area contributed by atoms with E-state index < -0.39 is 16.1 Å². The second kappa shape index (κ2) is 6.39. The molecule has 0 bridgehead atoms. The number of carbonyl (C=O) groups is 1. The zero-order chi connectivity index (χ0) is 17.4. The van der Waals surface area contributed by atoms with Crippen LogP contribution in [-0.2, 0) is 14.8 Å². The summed E-state index contributed by atoms with van der Waals surface area (Å²) >= 11 is 0. The first-order chi connectivity index (χ1) is 10.6. The monoisotopic (exact) mass is 340 g/mol. The van der Waals surface area contributed by atoms with Gasteiger partial charge in [-0.2, -0.15) is 0 Å². The molecule has 0 fully saturated rings. The zero-order valence-electron chi connectivity index (χ0n) is 14.2. The normalized spacial score (nSPS) is 19.0. The molecule has 1 aliphatic heterocycles. The Kier molecular flexibility index (Phi) is 4.89. The molecule has 0 radical (unpaired) electrons. The van der Waals surface area contributed by atoms with Crippen LogP contribution >= 0.6 is 0 Å². The van der Waals surface area contributed by atoms with Crippen LogP contribution in [0.15, 0.2) is 18.2 Å². The van der Waals surface area contributed by atoms with Crippen LogP contribution in [0.4, 0.5) is 5.69 Å². The van der Waals surface area contributed by atoms with Gasteiger partial charge in [-0.25, -0.2) is 8.42 Å². The van der Waals surface area contributed by atoms with E-state index in [1.807, 2.05) is 33.8 Å². The minimum absolute atomic E-state index is 0.0165. The molecule has 2 atom stereocenters. The van der Waals surface area contributed by atoms with Crippen molar-refractivity contribution >= 4 is 21.6 Å². The van der Waals surface area contributed by atoms with Crippen LogP contribution in [0, 0.1) is 12.8 Å². The Morgan fingerprint density at radius 1 is 1.35 bits per heavy atom. The minimum Gasteiger partial charge on any atom is -0.476 e. The van der Waals surface area contributed by atoms with Crippen molar-refractivity contribution in [3.8, 4) is 5.75 Å². The summed E-state index contributed by atoms with van der Waals surface area (Å²) in [4.78, 5) is 12.4. The highest BCUT2D eigenvalue weighted by molar-refractivity contribution is 7.92. The summed E-state index contributed by atoms with van der Waals surface area (Å²) in [6, 6.07) is 5.27. The SMILES string of the molecule is Cc1ccc2c(c1)N(S(C)(=O)=O)CC(C(=O)NC(C)C(C)C)O2. The lowest BCUT2D eigenvalue weighted by atomic mass is 10.1. The lowest BCUT2D eigenvalue weighted by Crippen LogP contribution is -2.52. The van der Waals surface area contributed by atoms with Gasteiger partial charge >= 0.3 is 0 Å². The molecular formula is C16H24N2O4S. The number of ether oxygens (including phenoxy) is 1. The molecule has 2 rings (SSSR count). The van der Waals surface area contributed by atoms with Gasteiger partial charge in [0.2, 0.25) is 10.0 Å². The number of amides is 1. The van der Waals surface area contributed by atoms with E-state index in [9.17, 15) is 13.2 Å². The average molecular weight is 340 g/mol. The predicted octanol–water partition coefficient (Wildman–Crippen LogP) is 1.68. The number of fused-ring (bicyclic) bond motifs is 1. The van der Waals surface area contributed by atoms with Crippen LogP contribution in [-0.4, -0.2) is 39.3 Å². The van der Waals surface area contributed by atoms with E-state index in [0.717, 1.165) is 11.8 Å². The van der Waals surface area contributed by atoms with E-state index in [1.165, 1.54) is 4.31 Å². The van der Waals surface area contributed by atoms with E-state index in [2.05, 4.69) is 5.32 Å². The Morgan fingerprint density at radius 3 is 2.57 bits per heavy atom. The Labute approximate surface area is 137 Å². The number of nitrogens with one attached hydrogen (secondary N) is 1. The van der Waals surface area contributed by atoms with Crippen LogP contribution in [0.5, 0.6) is 5.75 Å². The van der Waals surface area contributed by atoms with Gasteiger partial charge in [-0.3, -0.25) is 9.10 Å². The fraction of sp³-hybridized carbons (Fsp3) is 0.562. The summed E-state index contributed by atoms with van der Waals surface area (Å²) in [5.41, 5.74) is 1.41. The smallest absolute Gasteiger partial charge is 0.263 e. The lowest BCUT2D eigenvalue weighted by molar-refractivity contribution is -0.128. The molecule has 1 aromatic carbocycles. The molecule has 7 heteroatoms. The van der Waals surface area contributed by atoms with E-state index in [0.29, 0.717) is 11.4 Å². The van der Waals surface area contributed by atoms with Gasteiger partial charge in [0.05, 0.1) is 18.5 Å². The molecule has 0 aliphatic carbocycles. The van der Waals surface area contributed by atoms with Gasteiger partial charge in [0, 0.05) is 6.04 Å². The highest BCUT2D eigenvalue weighted by Gasteiger charge is 2.35. The summed E-state index contributed by atoms with van der Waals surface area (Å²) in [5.74, 6) is 0.388. The molecule has 0 aromatic heterocycles. The average Bonchev–Trinajstić information content (AvgIpc) is 2.44. The van der Waals surface area contributed by atoms with Crippen molar-refractivity contribution in [1.82, 2.24) is 5.32 Å². The third-order valence-electron chi connectivity index (χ3n) is 4.05. The Hall–Kier alpha value is -1.76. The number of hydrogen-bond donors (Lipinski definition) is 1. The molecule has 0 spiro atoms. The Morgan fingerprint density at radius 2 is 2.00 bits per heavy atom. The molecule has 1 amide bonds. The first-order valence-corrected chi connectivity index (χ1v) is 9.50. The molecular weight excluding hydrogens is 316 g/mol. The van der Waals surface area contributed by atoms with Crippen LogP contribution in [0.2, 0.25) is 0 Å². The minimum atomic E-state index is -3.49. The van der Waals surface area contributed by atoms with E-state index in [4.69, 9.17) is 4.74 Å². The number of carbonyl (C=O) groups excluding carboxylic acids is 1. The number of rotatable bonds is 4. The van der Waals surface area contributed by atoms with Crippen LogP contribution < -0.4 is 14.4 Å². The predicted molar refractivity (Wildman–Crippen MR) is 90.2 cm³/mol. The highest BCUT2D eigenvalue weighted by Crippen LogP contribution is 2.35. The molecule has 1 aromatic rings. The summed E-state index contributed by atoms with van der Waals surface area (Å²) in [5, 5.41) is 2.88. The van der Waals surface area contributed by atoms with Gasteiger partial charge in [0.25, 0.3) is 5.91 Å². The van der Waals surface area contributed by atoms with Crippen LogP contribution in [0.25, 0.3) is 0 Å². The van der Waals surface area contributed by atoms with Crippen molar-refractivity contribution in [2.24, 2.45) is 5.92 Å². The maximum Gasteiger partial charge on any atom is 0.263 e. The van der Waals surface area contributed by atoms with Crippen molar-refractivity contribution in [2.45, 2.75) is 39.8 Å². The zero-order valence-corrected chi connectivity index (χ0v) is 15.0. The largest absolute Gasteiger partial charge is 0.476 e. The van der Waals surface area contributed by atoms with Crippen LogP contribution in [0.1, 0.15) is 26.3 Å². The van der Waals surface area contributed by atoms with Gasteiger partial charge in [0.15, 0.2) is 6.10 Å². The Bertz CT molecular complexity index is 700. The van der Waals surface area contributed by atoms with Gasteiger partial charge in [-0.05, 0) is 37.5 Å². The molecule has 6 nitrogen and oxygen atoms in total. The third kappa shape index (κ3) is 3.96. The maximum atomic E-state index is 12.4. The molecule has 1 N–H and O–H groups in total. The number of hydrogen-bond acceptors (Lipinski definition) is 4. The van der Waals surface area contributed by atoms with Crippen molar-refractivity contribution < 1.29 is 17.9 Å². The maximum absolute atomic E-state index is 12.4. The summed E-state index contributed by atoms with van der Waals surface area (Å²) < 4.78 is 31.2. The molecule has 128 valence electrons. The van der Waals surface area contributed by atoms with Crippen molar-refractivity contribution in [3.63, 3.8) is 0 Å². The van der Waals surface area contributed by atoms with Gasteiger partial charge < -0.3 is 10.1 Å². The summed E-state index contributed by atoms with van der Waals surface area (Å²) in [6.45, 7) is 7.79. The molecule has 0 saturated heterocycles. The first-order valence-electron chi connectivity index (χ1n) is 7.65. The summed E-state index contributed by atoms with van der Waals surface area (Å²) in [6.07, 6.45) is 0.275. The summed E-state index contributed by atoms with van der Waals surface area (Å²) in [7, 11) is -3.49. The quantitative estimate of drug-likeness (QED) is 0.905. The second-order valence-corrected chi connectivity index (χ2v) is 8.32. The lowest BCUT2D eigenvalue weighted by Gasteiger charge is -2.34. The molecule has 23 heavy (non-hydrogen) atoms. The van der Waals surface area contributed by atoms with Crippen molar-refractivity contribution in [1.29, 1.82) is 0 Å². The molecule has 1 heterocycles. The van der Waals surface area contributed by atoms with Crippen molar-refractivity contribution in [3.05, 3.63) is 23.8 Å². The highest BCUT2D eigenvalue weighted by atomic mass is 32.2. The number of aryl methyl sites for hydroxylation is 1. The van der Waals surface area contributed by atoms with Gasteiger partial charge in [-0.1, -0.05) is 19.9 Å². The molecule has 0 saturated carbocycles. The van der Waals surface area contributed by atoms with E-state index in [-0.39, 0.29) is 24.4 Å². The third-order valence-corrected chi connectivity index (χ3v) is 5.19. The number of nitrogens with zero attached hydrogens (tertiary/aromatic N) is 1. The number of benzene rings is 1. The molecule has 1 aliphatic rings. The fourth-order valence-corrected chi connectivity index (χ4v) is 3.20. The second-order valence-electron chi connectivity index (χ2n) is 6.41. The van der Waals surface area contributed by atoms with E-state index >= 15 is 0 Å². The topological polar surface area (TPSA) is 75.7 Å². The van der Waals surface area contributed by atoms with Gasteiger partial charge in [0.1, 0.15) is 5.75 Å². The number of sulfonamides is 1. The van der Waals surface area contributed by atoms with Crippen molar-refractivity contribution in [2.75, 3.05) is 17.1 Å². The van der Waals surface area contributed by atoms with Crippen LogP contribution in [0.3, 0.4) is 0 Å². The first kappa shape index (κ1) is 17.6. The molecule has 2 unspecified atom stereocenters. The number of anilines is 1. The fourth-order valence-electron chi connectivity index (χ4n) is 2.30. The Balaban J connectivity index is 2.30.